The molecule has 0 saturated carbocycles. The van der Waals surface area contributed by atoms with Crippen molar-refractivity contribution in [3.05, 3.63) is 34.9 Å². The third kappa shape index (κ3) is 4.72. The number of epoxide rings is 1. The monoisotopic (exact) mass is 324 g/mol. The molecule has 0 radical (unpaired) electrons. The SMILES string of the molecule is CCOC(=O)C1(CC(CC)CCCc2ccc(Cl)cc2)CO1. The summed E-state index contributed by atoms with van der Waals surface area (Å²) in [6, 6.07) is 8.02. The Morgan fingerprint density at radius 3 is 2.59 bits per heavy atom. The second-order valence-corrected chi connectivity index (χ2v) is 6.44. The molecule has 122 valence electrons. The van der Waals surface area contributed by atoms with Crippen LogP contribution in [0.5, 0.6) is 0 Å². The number of rotatable bonds is 9. The lowest BCUT2D eigenvalue weighted by Crippen LogP contribution is -2.29. The van der Waals surface area contributed by atoms with Crippen LogP contribution in [0.15, 0.2) is 24.3 Å². The molecule has 4 heteroatoms. The normalized spacial score (nSPS) is 21.4. The first kappa shape index (κ1) is 17.3. The van der Waals surface area contributed by atoms with Crippen LogP contribution in [0.25, 0.3) is 0 Å². The van der Waals surface area contributed by atoms with Gasteiger partial charge in [0.15, 0.2) is 5.60 Å². The predicted octanol–water partition coefficient (Wildman–Crippen LogP) is 4.41. The number of benzene rings is 1. The summed E-state index contributed by atoms with van der Waals surface area (Å²) >= 11 is 5.90. The number of hydrogen-bond acceptors (Lipinski definition) is 3. The Bertz CT molecular complexity index is 480. The van der Waals surface area contributed by atoms with Crippen molar-refractivity contribution in [2.24, 2.45) is 5.92 Å². The number of halogens is 1. The highest BCUT2D eigenvalue weighted by atomic mass is 35.5. The molecule has 0 bridgehead atoms. The van der Waals surface area contributed by atoms with Crippen molar-refractivity contribution in [2.45, 2.75) is 51.6 Å². The van der Waals surface area contributed by atoms with Crippen LogP contribution in [0.3, 0.4) is 0 Å². The molecule has 0 aromatic heterocycles. The van der Waals surface area contributed by atoms with E-state index >= 15 is 0 Å². The van der Waals surface area contributed by atoms with E-state index in [2.05, 4.69) is 19.1 Å². The molecule has 1 heterocycles. The summed E-state index contributed by atoms with van der Waals surface area (Å²) in [5.74, 6) is 0.311. The Hall–Kier alpha value is -1.06. The molecule has 22 heavy (non-hydrogen) atoms. The third-order valence-corrected chi connectivity index (χ3v) is 4.58. The van der Waals surface area contributed by atoms with Crippen LogP contribution >= 0.6 is 11.6 Å². The van der Waals surface area contributed by atoms with Gasteiger partial charge >= 0.3 is 5.97 Å². The molecule has 1 aliphatic rings. The first-order chi connectivity index (χ1) is 10.6. The highest BCUT2D eigenvalue weighted by molar-refractivity contribution is 6.30. The van der Waals surface area contributed by atoms with E-state index in [0.29, 0.717) is 19.1 Å². The van der Waals surface area contributed by atoms with Gasteiger partial charge < -0.3 is 9.47 Å². The average Bonchev–Trinajstić information content (AvgIpc) is 3.29. The fourth-order valence-electron chi connectivity index (χ4n) is 2.83. The molecule has 1 saturated heterocycles. The van der Waals surface area contributed by atoms with Crippen LogP contribution in [0.2, 0.25) is 5.02 Å². The Morgan fingerprint density at radius 2 is 2.05 bits per heavy atom. The Balaban J connectivity index is 1.77. The number of aryl methyl sites for hydroxylation is 1. The van der Waals surface area contributed by atoms with E-state index in [-0.39, 0.29) is 5.97 Å². The van der Waals surface area contributed by atoms with E-state index in [1.54, 1.807) is 0 Å². The average molecular weight is 325 g/mol. The van der Waals surface area contributed by atoms with Gasteiger partial charge in [0.2, 0.25) is 0 Å². The van der Waals surface area contributed by atoms with E-state index in [1.807, 2.05) is 19.1 Å². The lowest BCUT2D eigenvalue weighted by Gasteiger charge is -2.18. The van der Waals surface area contributed by atoms with Crippen LogP contribution in [0.1, 0.15) is 45.1 Å². The van der Waals surface area contributed by atoms with Crippen LogP contribution < -0.4 is 0 Å². The van der Waals surface area contributed by atoms with Crippen LogP contribution in [-0.4, -0.2) is 24.8 Å². The standard InChI is InChI=1S/C18H25ClO3/c1-3-14(12-18(13-22-18)17(20)21-4-2)6-5-7-15-8-10-16(19)11-9-15/h8-11,14H,3-7,12-13H2,1-2H3. The van der Waals surface area contributed by atoms with Gasteiger partial charge in [-0.25, -0.2) is 4.79 Å². The number of hydrogen-bond donors (Lipinski definition) is 0. The Labute approximate surface area is 137 Å². The smallest absolute Gasteiger partial charge is 0.340 e. The van der Waals surface area contributed by atoms with Crippen molar-refractivity contribution in [1.29, 1.82) is 0 Å². The maximum Gasteiger partial charge on any atom is 0.340 e. The van der Waals surface area contributed by atoms with Crippen molar-refractivity contribution < 1.29 is 14.3 Å². The zero-order valence-corrected chi connectivity index (χ0v) is 14.2. The van der Waals surface area contributed by atoms with E-state index in [4.69, 9.17) is 21.1 Å². The van der Waals surface area contributed by atoms with Crippen molar-refractivity contribution in [1.82, 2.24) is 0 Å². The largest absolute Gasteiger partial charge is 0.464 e. The highest BCUT2D eigenvalue weighted by Gasteiger charge is 2.54. The quantitative estimate of drug-likeness (QED) is 0.499. The maximum atomic E-state index is 11.9. The first-order valence-corrected chi connectivity index (χ1v) is 8.53. The topological polar surface area (TPSA) is 38.8 Å². The fraction of sp³-hybridized carbons (Fsp3) is 0.611. The molecule has 2 atom stereocenters. The fourth-order valence-corrected chi connectivity index (χ4v) is 2.96. The number of esters is 1. The molecule has 1 aromatic carbocycles. The summed E-state index contributed by atoms with van der Waals surface area (Å²) in [6.45, 7) is 4.93. The van der Waals surface area contributed by atoms with Gasteiger partial charge in [-0.15, -0.1) is 0 Å². The molecule has 1 aliphatic heterocycles. The lowest BCUT2D eigenvalue weighted by molar-refractivity contribution is -0.150. The molecular formula is C18H25ClO3. The van der Waals surface area contributed by atoms with E-state index < -0.39 is 5.60 Å². The van der Waals surface area contributed by atoms with Crippen molar-refractivity contribution in [2.75, 3.05) is 13.2 Å². The van der Waals surface area contributed by atoms with Crippen LogP contribution in [0.4, 0.5) is 0 Å². The minimum absolute atomic E-state index is 0.189. The van der Waals surface area contributed by atoms with Gasteiger partial charge in [0, 0.05) is 5.02 Å². The third-order valence-electron chi connectivity index (χ3n) is 4.33. The van der Waals surface area contributed by atoms with Crippen LogP contribution in [0, 0.1) is 5.92 Å². The number of carbonyl (C=O) groups is 1. The van der Waals surface area contributed by atoms with Crippen LogP contribution in [-0.2, 0) is 20.7 Å². The number of ether oxygens (including phenoxy) is 2. The number of carbonyl (C=O) groups excluding carboxylic acids is 1. The van der Waals surface area contributed by atoms with E-state index in [1.165, 1.54) is 5.56 Å². The molecule has 0 amide bonds. The summed E-state index contributed by atoms with van der Waals surface area (Å²) in [4.78, 5) is 11.9. The molecule has 2 unspecified atom stereocenters. The predicted molar refractivity (Wildman–Crippen MR) is 88.1 cm³/mol. The second-order valence-electron chi connectivity index (χ2n) is 6.00. The highest BCUT2D eigenvalue weighted by Crippen LogP contribution is 2.38. The van der Waals surface area contributed by atoms with E-state index in [9.17, 15) is 4.79 Å². The summed E-state index contributed by atoms with van der Waals surface area (Å²) in [6.07, 6.45) is 5.09. The van der Waals surface area contributed by atoms with Crippen molar-refractivity contribution >= 4 is 17.6 Å². The van der Waals surface area contributed by atoms with Gasteiger partial charge in [0.25, 0.3) is 0 Å². The second kappa shape index (κ2) is 7.98. The Kier molecular flexibility index (Phi) is 6.27. The minimum Gasteiger partial charge on any atom is -0.464 e. The van der Waals surface area contributed by atoms with Crippen molar-refractivity contribution in [3.8, 4) is 0 Å². The summed E-state index contributed by atoms with van der Waals surface area (Å²) < 4.78 is 10.6. The summed E-state index contributed by atoms with van der Waals surface area (Å²) in [5.41, 5.74) is 0.666. The molecule has 0 spiro atoms. The van der Waals surface area contributed by atoms with Gasteiger partial charge in [-0.2, -0.15) is 0 Å². The molecule has 3 nitrogen and oxygen atoms in total. The van der Waals surface area contributed by atoms with Gasteiger partial charge in [-0.3, -0.25) is 0 Å². The first-order valence-electron chi connectivity index (χ1n) is 8.15. The lowest BCUT2D eigenvalue weighted by atomic mass is 9.88. The summed E-state index contributed by atoms with van der Waals surface area (Å²) in [5, 5.41) is 0.775. The van der Waals surface area contributed by atoms with E-state index in [0.717, 1.165) is 37.1 Å². The zero-order chi connectivity index (χ0) is 16.0. The molecule has 1 fully saturated rings. The summed E-state index contributed by atoms with van der Waals surface area (Å²) in [7, 11) is 0. The molecule has 0 N–H and O–H groups in total. The molecular weight excluding hydrogens is 300 g/mol. The molecule has 2 rings (SSSR count). The zero-order valence-electron chi connectivity index (χ0n) is 13.4. The minimum atomic E-state index is -0.642. The maximum absolute atomic E-state index is 11.9. The van der Waals surface area contributed by atoms with Gasteiger partial charge in [-0.1, -0.05) is 43.5 Å². The van der Waals surface area contributed by atoms with Gasteiger partial charge in [0.05, 0.1) is 13.2 Å². The van der Waals surface area contributed by atoms with Crippen molar-refractivity contribution in [3.63, 3.8) is 0 Å². The Morgan fingerprint density at radius 1 is 1.36 bits per heavy atom. The van der Waals surface area contributed by atoms with Gasteiger partial charge in [-0.05, 0) is 49.8 Å². The molecule has 0 aliphatic carbocycles. The van der Waals surface area contributed by atoms with Gasteiger partial charge in [0.1, 0.15) is 0 Å². The molecule has 1 aromatic rings.